The predicted octanol–water partition coefficient (Wildman–Crippen LogP) is 9.39. The molecule has 0 spiro atoms. The standard InChI is InChI=1S/C33H60O2Si/c1-23(22-34)11-10-12-24(2)28-15-16-29-27-14-13-25-21-26(35-36(8,9)31(3,4)5)17-19-32(25,6)30(27)18-20-33(28,29)7/h13,23-24,26-30,34H,10-12,14-22H2,1-9H3/t23-,24-,26+,27+,28-,29+,30+,32+,33-/m1/s1. The Bertz CT molecular complexity index is 796. The van der Waals surface area contributed by atoms with Crippen molar-refractivity contribution >= 4 is 8.32 Å². The van der Waals surface area contributed by atoms with Crippen LogP contribution in [0.2, 0.25) is 18.1 Å². The lowest BCUT2D eigenvalue weighted by molar-refractivity contribution is -0.0565. The van der Waals surface area contributed by atoms with Crippen molar-refractivity contribution in [1.29, 1.82) is 0 Å². The zero-order chi connectivity index (χ0) is 26.5. The van der Waals surface area contributed by atoms with Crippen molar-refractivity contribution in [2.24, 2.45) is 46.3 Å². The minimum Gasteiger partial charge on any atom is -0.414 e. The first-order valence-electron chi connectivity index (χ1n) is 15.7. The minimum atomic E-state index is -1.71. The molecule has 2 nitrogen and oxygen atoms in total. The van der Waals surface area contributed by atoms with Crippen LogP contribution in [-0.4, -0.2) is 26.1 Å². The first-order valence-corrected chi connectivity index (χ1v) is 18.6. The smallest absolute Gasteiger partial charge is 0.192 e. The molecule has 3 saturated carbocycles. The maximum atomic E-state index is 9.41. The maximum Gasteiger partial charge on any atom is 0.192 e. The van der Waals surface area contributed by atoms with E-state index in [0.29, 0.717) is 34.5 Å². The molecule has 0 heterocycles. The van der Waals surface area contributed by atoms with Crippen molar-refractivity contribution < 1.29 is 9.53 Å². The van der Waals surface area contributed by atoms with E-state index in [0.717, 1.165) is 29.6 Å². The molecule has 0 radical (unpaired) electrons. The fraction of sp³-hybridized carbons (Fsp3) is 0.939. The number of fused-ring (bicyclic) bond motifs is 5. The molecule has 0 aromatic rings. The molecule has 0 aromatic carbocycles. The van der Waals surface area contributed by atoms with E-state index in [9.17, 15) is 5.11 Å². The number of allylic oxidation sites excluding steroid dienone is 1. The molecule has 3 heteroatoms. The topological polar surface area (TPSA) is 29.5 Å². The monoisotopic (exact) mass is 516 g/mol. The van der Waals surface area contributed by atoms with E-state index in [-0.39, 0.29) is 0 Å². The van der Waals surface area contributed by atoms with Crippen LogP contribution in [0.5, 0.6) is 0 Å². The minimum absolute atomic E-state index is 0.293. The summed E-state index contributed by atoms with van der Waals surface area (Å²) in [4.78, 5) is 0. The van der Waals surface area contributed by atoms with Crippen molar-refractivity contribution in [3.63, 3.8) is 0 Å². The zero-order valence-corrected chi connectivity index (χ0v) is 26.5. The second-order valence-corrected chi connectivity index (χ2v) is 20.7. The van der Waals surface area contributed by atoms with Gasteiger partial charge in [-0.3, -0.25) is 0 Å². The number of aliphatic hydroxyl groups excluding tert-OH is 1. The summed E-state index contributed by atoms with van der Waals surface area (Å²) in [5.41, 5.74) is 2.73. The predicted molar refractivity (Wildman–Crippen MR) is 157 cm³/mol. The van der Waals surface area contributed by atoms with Crippen LogP contribution in [0.4, 0.5) is 0 Å². The van der Waals surface area contributed by atoms with Crippen LogP contribution in [-0.2, 0) is 4.43 Å². The van der Waals surface area contributed by atoms with Gasteiger partial charge in [0.05, 0.1) is 0 Å². The van der Waals surface area contributed by atoms with Gasteiger partial charge >= 0.3 is 0 Å². The van der Waals surface area contributed by atoms with E-state index in [1.165, 1.54) is 70.6 Å². The Labute approximate surface area is 225 Å². The molecule has 9 atom stereocenters. The molecule has 1 N–H and O–H groups in total. The van der Waals surface area contributed by atoms with Gasteiger partial charge in [-0.15, -0.1) is 0 Å². The molecule has 4 aliphatic rings. The molecule has 36 heavy (non-hydrogen) atoms. The van der Waals surface area contributed by atoms with Crippen molar-refractivity contribution in [3.05, 3.63) is 11.6 Å². The summed E-state index contributed by atoms with van der Waals surface area (Å²) < 4.78 is 6.94. The van der Waals surface area contributed by atoms with Crippen LogP contribution in [0.3, 0.4) is 0 Å². The quantitative estimate of drug-likeness (QED) is 0.257. The van der Waals surface area contributed by atoms with E-state index in [4.69, 9.17) is 4.43 Å². The van der Waals surface area contributed by atoms with Gasteiger partial charge in [0.1, 0.15) is 0 Å². The van der Waals surface area contributed by atoms with Gasteiger partial charge in [-0.05, 0) is 122 Å². The fourth-order valence-corrected chi connectivity index (χ4v) is 10.8. The summed E-state index contributed by atoms with van der Waals surface area (Å²) in [5.74, 6) is 4.92. The Morgan fingerprint density at radius 1 is 1.03 bits per heavy atom. The van der Waals surface area contributed by atoms with Gasteiger partial charge < -0.3 is 9.53 Å². The van der Waals surface area contributed by atoms with Gasteiger partial charge in [0.2, 0.25) is 0 Å². The second kappa shape index (κ2) is 10.5. The van der Waals surface area contributed by atoms with E-state index in [1.54, 1.807) is 5.57 Å². The van der Waals surface area contributed by atoms with Gasteiger partial charge in [-0.25, -0.2) is 0 Å². The zero-order valence-electron chi connectivity index (χ0n) is 25.5. The van der Waals surface area contributed by atoms with Crippen LogP contribution in [0, 0.1) is 46.3 Å². The highest BCUT2D eigenvalue weighted by molar-refractivity contribution is 6.74. The van der Waals surface area contributed by atoms with Crippen LogP contribution in [0.15, 0.2) is 11.6 Å². The van der Waals surface area contributed by atoms with Crippen LogP contribution in [0.1, 0.15) is 119 Å². The summed E-state index contributed by atoms with van der Waals surface area (Å²) in [5, 5.41) is 9.70. The third-order valence-corrected chi connectivity index (χ3v) is 17.3. The molecule has 0 aliphatic heterocycles. The molecule has 0 amide bonds. The van der Waals surface area contributed by atoms with Crippen LogP contribution < -0.4 is 0 Å². The van der Waals surface area contributed by atoms with Gasteiger partial charge in [0.25, 0.3) is 0 Å². The molecule has 0 bridgehead atoms. The van der Waals surface area contributed by atoms with Crippen LogP contribution in [0.25, 0.3) is 0 Å². The van der Waals surface area contributed by atoms with E-state index in [2.05, 4.69) is 67.6 Å². The molecule has 0 aromatic heterocycles. The number of hydrogen-bond acceptors (Lipinski definition) is 2. The number of hydrogen-bond donors (Lipinski definition) is 1. The lowest BCUT2D eigenvalue weighted by atomic mass is 9.47. The lowest BCUT2D eigenvalue weighted by Crippen LogP contribution is -2.52. The van der Waals surface area contributed by atoms with Gasteiger partial charge in [-0.2, -0.15) is 0 Å². The average Bonchev–Trinajstić information content (AvgIpc) is 3.15. The molecule has 3 fully saturated rings. The molecule has 4 rings (SSSR count). The fourth-order valence-electron chi connectivity index (χ4n) is 9.38. The van der Waals surface area contributed by atoms with Crippen molar-refractivity contribution in [2.75, 3.05) is 6.61 Å². The summed E-state index contributed by atoms with van der Waals surface area (Å²) in [6.07, 6.45) is 17.9. The van der Waals surface area contributed by atoms with Crippen molar-refractivity contribution in [3.8, 4) is 0 Å². The second-order valence-electron chi connectivity index (χ2n) is 15.9. The highest BCUT2D eigenvalue weighted by Gasteiger charge is 2.59. The highest BCUT2D eigenvalue weighted by Crippen LogP contribution is 2.67. The first kappa shape index (κ1) is 28.9. The molecule has 4 aliphatic carbocycles. The lowest BCUT2D eigenvalue weighted by Gasteiger charge is -2.59. The van der Waals surface area contributed by atoms with Gasteiger partial charge in [0.15, 0.2) is 8.32 Å². The first-order chi connectivity index (χ1) is 16.7. The van der Waals surface area contributed by atoms with Gasteiger partial charge in [-0.1, -0.05) is 73.0 Å². The summed E-state index contributed by atoms with van der Waals surface area (Å²) in [7, 11) is -1.71. The van der Waals surface area contributed by atoms with Crippen molar-refractivity contribution in [1.82, 2.24) is 0 Å². The highest BCUT2D eigenvalue weighted by atomic mass is 28.4. The van der Waals surface area contributed by atoms with Crippen molar-refractivity contribution in [2.45, 2.75) is 143 Å². The molecular formula is C33H60O2Si. The number of rotatable bonds is 8. The average molecular weight is 517 g/mol. The summed E-state index contributed by atoms with van der Waals surface area (Å²) in [6.45, 7) is 22.4. The normalized spacial score (nSPS) is 40.6. The Morgan fingerprint density at radius 2 is 1.75 bits per heavy atom. The van der Waals surface area contributed by atoms with E-state index in [1.807, 2.05) is 0 Å². The summed E-state index contributed by atoms with van der Waals surface area (Å²) in [6, 6.07) is 0. The SMILES string of the molecule is C[C@@H](CO)CCC[C@@H](C)[C@H]1CC[C@H]2[C@@H]3CC=C4C[C@@H](O[Si](C)(C)C(C)(C)C)CC[C@]4(C)[C@H]3CC[C@]12C. The van der Waals surface area contributed by atoms with E-state index >= 15 is 0 Å². The maximum absolute atomic E-state index is 9.41. The number of aliphatic hydroxyl groups is 1. The molecule has 0 saturated heterocycles. The van der Waals surface area contributed by atoms with Crippen LogP contribution >= 0.6 is 0 Å². The molecule has 208 valence electrons. The molecular weight excluding hydrogens is 456 g/mol. The Balaban J connectivity index is 1.43. The Kier molecular flexibility index (Phi) is 8.38. The summed E-state index contributed by atoms with van der Waals surface area (Å²) >= 11 is 0. The third kappa shape index (κ3) is 5.20. The largest absolute Gasteiger partial charge is 0.414 e. The molecule has 0 unspecified atom stereocenters. The van der Waals surface area contributed by atoms with Gasteiger partial charge in [0, 0.05) is 12.7 Å². The van der Waals surface area contributed by atoms with E-state index < -0.39 is 8.32 Å². The third-order valence-electron chi connectivity index (χ3n) is 12.8. The Morgan fingerprint density at radius 3 is 2.42 bits per heavy atom. The Hall–Kier alpha value is -0.123.